The molecular weight excluding hydrogens is 358 g/mol. The summed E-state index contributed by atoms with van der Waals surface area (Å²) in [5.74, 6) is 0.553. The summed E-state index contributed by atoms with van der Waals surface area (Å²) in [4.78, 5) is 40.3. The number of likely N-dealkylation sites (tertiary alicyclic amines) is 1. The molecule has 0 radical (unpaired) electrons. The van der Waals surface area contributed by atoms with E-state index in [9.17, 15) is 14.4 Å². The molecule has 28 heavy (non-hydrogen) atoms. The average Bonchev–Trinajstić information content (AvgIpc) is 2.97. The maximum absolute atomic E-state index is 12.8. The van der Waals surface area contributed by atoms with Gasteiger partial charge in [0.1, 0.15) is 17.9 Å². The van der Waals surface area contributed by atoms with E-state index < -0.39 is 6.04 Å². The van der Waals surface area contributed by atoms with Gasteiger partial charge in [0.05, 0.1) is 0 Å². The minimum Gasteiger partial charge on any atom is -0.489 e. The van der Waals surface area contributed by atoms with Crippen LogP contribution in [0.5, 0.6) is 5.75 Å². The quantitative estimate of drug-likeness (QED) is 0.796. The molecule has 4 rings (SSSR count). The summed E-state index contributed by atoms with van der Waals surface area (Å²) in [7, 11) is 0. The van der Waals surface area contributed by atoms with E-state index in [0.29, 0.717) is 24.4 Å². The van der Waals surface area contributed by atoms with Gasteiger partial charge in [0.25, 0.3) is 5.91 Å². The van der Waals surface area contributed by atoms with Gasteiger partial charge >= 0.3 is 0 Å². The molecule has 0 aromatic heterocycles. The number of nitrogens with one attached hydrogen (secondary N) is 1. The van der Waals surface area contributed by atoms with Gasteiger partial charge in [-0.15, -0.1) is 0 Å². The lowest BCUT2D eigenvalue weighted by atomic mass is 9.98. The molecule has 3 heterocycles. The fourth-order valence-electron chi connectivity index (χ4n) is 4.56. The van der Waals surface area contributed by atoms with E-state index >= 15 is 0 Å². The standard InChI is InChI=1S/C21H27N3O4/c1-3-23-10-13(2)8-16(12-23)28-15-4-5-17-14(9-15)11-24(21(17)27)18-6-7-19(25)22-20(18)26/h4-5,9,13,16,18H,3,6-8,10-12H2,1-2H3,(H,22,25,26)/t13-,16+,18-/m0/s1. The van der Waals surface area contributed by atoms with Crippen LogP contribution in [0.4, 0.5) is 0 Å². The fourth-order valence-corrected chi connectivity index (χ4v) is 4.56. The van der Waals surface area contributed by atoms with Gasteiger partial charge in [0, 0.05) is 31.6 Å². The first-order chi connectivity index (χ1) is 13.4. The highest BCUT2D eigenvalue weighted by Gasteiger charge is 2.39. The molecule has 1 N–H and O–H groups in total. The van der Waals surface area contributed by atoms with Crippen LogP contribution in [0.25, 0.3) is 0 Å². The zero-order valence-electron chi connectivity index (χ0n) is 16.4. The second kappa shape index (κ2) is 7.54. The number of hydrogen-bond acceptors (Lipinski definition) is 5. The monoisotopic (exact) mass is 385 g/mol. The largest absolute Gasteiger partial charge is 0.489 e. The number of fused-ring (bicyclic) bond motifs is 1. The zero-order valence-corrected chi connectivity index (χ0v) is 16.4. The summed E-state index contributed by atoms with van der Waals surface area (Å²) < 4.78 is 6.24. The molecule has 3 aliphatic rings. The van der Waals surface area contributed by atoms with Crippen LogP contribution in [-0.2, 0) is 16.1 Å². The lowest BCUT2D eigenvalue weighted by Gasteiger charge is -2.35. The molecule has 0 bridgehead atoms. The first-order valence-electron chi connectivity index (χ1n) is 10.1. The molecule has 2 saturated heterocycles. The molecule has 3 atom stereocenters. The predicted molar refractivity (Wildman–Crippen MR) is 103 cm³/mol. The van der Waals surface area contributed by atoms with Crippen molar-refractivity contribution in [2.45, 2.75) is 51.8 Å². The zero-order chi connectivity index (χ0) is 19.8. The van der Waals surface area contributed by atoms with E-state index in [1.165, 1.54) is 0 Å². The number of carbonyl (C=O) groups excluding carboxylic acids is 3. The summed E-state index contributed by atoms with van der Waals surface area (Å²) in [6, 6.07) is 4.98. The summed E-state index contributed by atoms with van der Waals surface area (Å²) in [5, 5.41) is 2.33. The number of hydrogen-bond donors (Lipinski definition) is 1. The minimum absolute atomic E-state index is 0.144. The van der Waals surface area contributed by atoms with E-state index in [0.717, 1.165) is 37.4 Å². The van der Waals surface area contributed by atoms with Crippen LogP contribution in [0.3, 0.4) is 0 Å². The Morgan fingerprint density at radius 2 is 2.04 bits per heavy atom. The van der Waals surface area contributed by atoms with Crippen molar-refractivity contribution in [2.75, 3.05) is 19.6 Å². The van der Waals surface area contributed by atoms with Crippen LogP contribution in [0.1, 0.15) is 49.0 Å². The molecule has 0 aliphatic carbocycles. The molecule has 150 valence electrons. The Balaban J connectivity index is 1.46. The van der Waals surface area contributed by atoms with E-state index in [-0.39, 0.29) is 30.2 Å². The highest BCUT2D eigenvalue weighted by atomic mass is 16.5. The number of carbonyl (C=O) groups is 3. The average molecular weight is 385 g/mol. The normalized spacial score (nSPS) is 28.3. The van der Waals surface area contributed by atoms with Crippen LogP contribution in [0.2, 0.25) is 0 Å². The summed E-state index contributed by atoms with van der Waals surface area (Å²) in [6.07, 6.45) is 1.80. The third-order valence-corrected chi connectivity index (χ3v) is 5.94. The number of likely N-dealkylation sites (N-methyl/N-ethyl adjacent to an activating group) is 1. The number of piperidine rings is 2. The second-order valence-electron chi connectivity index (χ2n) is 8.15. The Kier molecular flexibility index (Phi) is 5.10. The predicted octanol–water partition coefficient (Wildman–Crippen LogP) is 1.56. The van der Waals surface area contributed by atoms with Crippen molar-refractivity contribution in [1.29, 1.82) is 0 Å². The molecule has 3 aliphatic heterocycles. The van der Waals surface area contributed by atoms with Crippen LogP contribution in [-0.4, -0.2) is 59.3 Å². The van der Waals surface area contributed by atoms with Gasteiger partial charge in [-0.3, -0.25) is 24.6 Å². The third-order valence-electron chi connectivity index (χ3n) is 5.94. The lowest BCUT2D eigenvalue weighted by molar-refractivity contribution is -0.136. The van der Waals surface area contributed by atoms with Crippen LogP contribution >= 0.6 is 0 Å². The number of amides is 3. The van der Waals surface area contributed by atoms with Gasteiger partial charge in [-0.05, 0) is 49.1 Å². The Labute approximate surface area is 165 Å². The smallest absolute Gasteiger partial charge is 0.255 e. The van der Waals surface area contributed by atoms with E-state index in [1.54, 1.807) is 11.0 Å². The molecule has 0 saturated carbocycles. The van der Waals surface area contributed by atoms with Gasteiger partial charge in [0.15, 0.2) is 0 Å². The molecule has 2 fully saturated rings. The highest BCUT2D eigenvalue weighted by molar-refractivity contribution is 6.05. The van der Waals surface area contributed by atoms with Crippen LogP contribution in [0.15, 0.2) is 18.2 Å². The van der Waals surface area contributed by atoms with E-state index in [4.69, 9.17) is 4.74 Å². The van der Waals surface area contributed by atoms with Crippen LogP contribution < -0.4 is 10.1 Å². The number of ether oxygens (including phenoxy) is 1. The Bertz CT molecular complexity index is 809. The van der Waals surface area contributed by atoms with E-state index in [2.05, 4.69) is 24.1 Å². The number of rotatable bonds is 4. The van der Waals surface area contributed by atoms with Crippen molar-refractivity contribution in [3.8, 4) is 5.75 Å². The van der Waals surface area contributed by atoms with Crippen molar-refractivity contribution in [1.82, 2.24) is 15.1 Å². The SMILES string of the molecule is CCN1C[C@@H](C)C[C@@H](Oc2ccc3c(c2)CN([C@H]2CCC(=O)NC2=O)C3=O)C1. The first-order valence-corrected chi connectivity index (χ1v) is 10.1. The molecular formula is C21H27N3O4. The van der Waals surface area contributed by atoms with Gasteiger partial charge in [-0.25, -0.2) is 0 Å². The maximum atomic E-state index is 12.8. The number of benzene rings is 1. The molecule has 7 heteroatoms. The van der Waals surface area contributed by atoms with Crippen molar-refractivity contribution in [2.24, 2.45) is 5.92 Å². The maximum Gasteiger partial charge on any atom is 0.255 e. The molecule has 1 aromatic rings. The second-order valence-corrected chi connectivity index (χ2v) is 8.15. The number of imide groups is 1. The van der Waals surface area contributed by atoms with Crippen LogP contribution in [0, 0.1) is 5.92 Å². The molecule has 0 unspecified atom stereocenters. The van der Waals surface area contributed by atoms with Crippen molar-refractivity contribution >= 4 is 17.7 Å². The summed E-state index contributed by atoms with van der Waals surface area (Å²) >= 11 is 0. The van der Waals surface area contributed by atoms with E-state index in [1.807, 2.05) is 12.1 Å². The van der Waals surface area contributed by atoms with Crippen molar-refractivity contribution in [3.05, 3.63) is 29.3 Å². The molecule has 0 spiro atoms. The topological polar surface area (TPSA) is 79.0 Å². The van der Waals surface area contributed by atoms with Crippen molar-refractivity contribution < 1.29 is 19.1 Å². The Morgan fingerprint density at radius 3 is 2.79 bits per heavy atom. The summed E-state index contributed by atoms with van der Waals surface area (Å²) in [5.41, 5.74) is 1.49. The van der Waals surface area contributed by atoms with Crippen molar-refractivity contribution in [3.63, 3.8) is 0 Å². The Morgan fingerprint density at radius 1 is 1.21 bits per heavy atom. The Hall–Kier alpha value is -2.41. The lowest BCUT2D eigenvalue weighted by Crippen LogP contribution is -2.52. The van der Waals surface area contributed by atoms with Gasteiger partial charge in [0.2, 0.25) is 11.8 Å². The number of nitrogens with zero attached hydrogens (tertiary/aromatic N) is 2. The highest BCUT2D eigenvalue weighted by Crippen LogP contribution is 2.31. The minimum atomic E-state index is -0.584. The first kappa shape index (κ1) is 18.9. The fraction of sp³-hybridized carbons (Fsp3) is 0.571. The molecule has 7 nitrogen and oxygen atoms in total. The molecule has 3 amide bonds. The van der Waals surface area contributed by atoms with Gasteiger partial charge < -0.3 is 9.64 Å². The third kappa shape index (κ3) is 3.63. The van der Waals surface area contributed by atoms with Gasteiger partial charge in [-0.1, -0.05) is 13.8 Å². The summed E-state index contributed by atoms with van der Waals surface area (Å²) in [6.45, 7) is 7.83. The molecule has 1 aromatic carbocycles. The van der Waals surface area contributed by atoms with Gasteiger partial charge in [-0.2, -0.15) is 0 Å².